The molecule has 0 saturated heterocycles. The van der Waals surface area contributed by atoms with Crippen LogP contribution in [-0.4, -0.2) is 10.8 Å². The van der Waals surface area contributed by atoms with Crippen LogP contribution in [0, 0.1) is 21.4 Å². The van der Waals surface area contributed by atoms with Gasteiger partial charge >= 0.3 is 0 Å². The molecule has 0 aliphatic rings. The average Bonchev–Trinajstić information content (AvgIpc) is 3.21. The quantitative estimate of drug-likeness (QED) is 0.278. The van der Waals surface area contributed by atoms with Crippen LogP contribution in [0.1, 0.15) is 18.2 Å². The zero-order valence-corrected chi connectivity index (χ0v) is 15.6. The van der Waals surface area contributed by atoms with Crippen molar-refractivity contribution in [3.05, 3.63) is 87.7 Å². The predicted octanol–water partition coefficient (Wildman–Crippen LogP) is 4.96. The largest absolute Gasteiger partial charge is 0.457 e. The summed E-state index contributed by atoms with van der Waals surface area (Å²) in [6, 6.07) is 18.5. The molecular formula is C22H17N3O4. The summed E-state index contributed by atoms with van der Waals surface area (Å²) < 4.78 is 5.67. The number of hydrogen-bond acceptors (Lipinski definition) is 5. The standard InChI is InChI=1S/C22H17N3O4/c1-2-15-5-3-4-6-20(15)24-22(26)17(14-23)13-19-11-12-21(29-19)16-7-9-18(10-8-16)25(27)28/h3-13H,2H2,1H3,(H,24,26)/b17-13+. The van der Waals surface area contributed by atoms with Gasteiger partial charge in [0.1, 0.15) is 23.2 Å². The highest BCUT2D eigenvalue weighted by atomic mass is 16.6. The van der Waals surface area contributed by atoms with Crippen LogP contribution in [0.2, 0.25) is 0 Å². The molecule has 0 aliphatic carbocycles. The maximum absolute atomic E-state index is 12.5. The molecule has 3 rings (SSSR count). The minimum atomic E-state index is -0.526. The Hall–Kier alpha value is -4.18. The van der Waals surface area contributed by atoms with Gasteiger partial charge in [-0.1, -0.05) is 25.1 Å². The van der Waals surface area contributed by atoms with E-state index in [1.165, 1.54) is 18.2 Å². The normalized spacial score (nSPS) is 11.0. The van der Waals surface area contributed by atoms with Crippen molar-refractivity contribution >= 4 is 23.4 Å². The Morgan fingerprint density at radius 3 is 2.55 bits per heavy atom. The summed E-state index contributed by atoms with van der Waals surface area (Å²) in [6.07, 6.45) is 2.11. The summed E-state index contributed by atoms with van der Waals surface area (Å²) in [7, 11) is 0. The second-order valence-corrected chi connectivity index (χ2v) is 6.14. The van der Waals surface area contributed by atoms with Crippen molar-refractivity contribution in [3.8, 4) is 17.4 Å². The van der Waals surface area contributed by atoms with E-state index in [4.69, 9.17) is 4.42 Å². The van der Waals surface area contributed by atoms with Crippen molar-refractivity contribution in [1.29, 1.82) is 5.26 Å². The van der Waals surface area contributed by atoms with Crippen molar-refractivity contribution in [1.82, 2.24) is 0 Å². The topological polar surface area (TPSA) is 109 Å². The lowest BCUT2D eigenvalue weighted by Crippen LogP contribution is -2.14. The van der Waals surface area contributed by atoms with Gasteiger partial charge in [-0.25, -0.2) is 0 Å². The van der Waals surface area contributed by atoms with Crippen molar-refractivity contribution in [2.75, 3.05) is 5.32 Å². The number of aryl methyl sites for hydroxylation is 1. The third-order valence-electron chi connectivity index (χ3n) is 4.29. The third kappa shape index (κ3) is 4.57. The van der Waals surface area contributed by atoms with E-state index in [2.05, 4.69) is 5.32 Å². The van der Waals surface area contributed by atoms with Gasteiger partial charge in [0.2, 0.25) is 0 Å². The number of amides is 1. The average molecular weight is 387 g/mol. The summed E-state index contributed by atoms with van der Waals surface area (Å²) in [5.74, 6) is 0.274. The first-order chi connectivity index (χ1) is 14.0. The number of furan rings is 1. The predicted molar refractivity (Wildman–Crippen MR) is 109 cm³/mol. The molecule has 1 amide bonds. The molecule has 0 saturated carbocycles. The summed E-state index contributed by atoms with van der Waals surface area (Å²) in [6.45, 7) is 1.98. The molecule has 0 atom stereocenters. The third-order valence-corrected chi connectivity index (χ3v) is 4.29. The molecule has 1 aromatic heterocycles. The van der Waals surface area contributed by atoms with E-state index in [-0.39, 0.29) is 11.3 Å². The number of non-ortho nitro benzene ring substituents is 1. The van der Waals surface area contributed by atoms with Crippen molar-refractivity contribution < 1.29 is 14.1 Å². The second kappa shape index (κ2) is 8.67. The van der Waals surface area contributed by atoms with E-state index in [9.17, 15) is 20.2 Å². The van der Waals surface area contributed by atoms with Gasteiger partial charge in [0, 0.05) is 29.5 Å². The van der Waals surface area contributed by atoms with Crippen LogP contribution in [-0.2, 0) is 11.2 Å². The maximum atomic E-state index is 12.5. The monoisotopic (exact) mass is 387 g/mol. The minimum absolute atomic E-state index is 0.0174. The first kappa shape index (κ1) is 19.6. The fourth-order valence-electron chi connectivity index (χ4n) is 2.76. The van der Waals surface area contributed by atoms with E-state index in [0.717, 1.165) is 12.0 Å². The molecule has 1 N–H and O–H groups in total. The molecule has 0 fully saturated rings. The first-order valence-electron chi connectivity index (χ1n) is 8.87. The smallest absolute Gasteiger partial charge is 0.269 e. The lowest BCUT2D eigenvalue weighted by Gasteiger charge is -2.08. The van der Waals surface area contributed by atoms with Crippen LogP contribution in [0.4, 0.5) is 11.4 Å². The number of nitriles is 1. The highest BCUT2D eigenvalue weighted by molar-refractivity contribution is 6.09. The van der Waals surface area contributed by atoms with E-state index in [1.54, 1.807) is 30.3 Å². The van der Waals surface area contributed by atoms with Gasteiger partial charge in [-0.05, 0) is 42.3 Å². The zero-order chi connectivity index (χ0) is 20.8. The summed E-state index contributed by atoms with van der Waals surface area (Å²) in [5, 5.41) is 22.9. The number of nitro benzene ring substituents is 1. The summed E-state index contributed by atoms with van der Waals surface area (Å²) >= 11 is 0. The Balaban J connectivity index is 1.80. The van der Waals surface area contributed by atoms with E-state index >= 15 is 0 Å². The highest BCUT2D eigenvalue weighted by Gasteiger charge is 2.13. The van der Waals surface area contributed by atoms with E-state index < -0.39 is 10.8 Å². The number of nitrogens with one attached hydrogen (secondary N) is 1. The Kier molecular flexibility index (Phi) is 5.85. The molecule has 0 unspecified atom stereocenters. The minimum Gasteiger partial charge on any atom is -0.457 e. The van der Waals surface area contributed by atoms with E-state index in [0.29, 0.717) is 22.8 Å². The zero-order valence-electron chi connectivity index (χ0n) is 15.6. The number of rotatable bonds is 6. The fraction of sp³-hybridized carbons (Fsp3) is 0.0909. The Morgan fingerprint density at radius 2 is 1.90 bits per heavy atom. The Morgan fingerprint density at radius 1 is 1.17 bits per heavy atom. The van der Waals surface area contributed by atoms with Gasteiger partial charge in [-0.2, -0.15) is 5.26 Å². The molecule has 1 heterocycles. The van der Waals surface area contributed by atoms with Crippen LogP contribution in [0.25, 0.3) is 17.4 Å². The van der Waals surface area contributed by atoms with Gasteiger partial charge < -0.3 is 9.73 Å². The molecule has 0 bridgehead atoms. The van der Waals surface area contributed by atoms with Gasteiger partial charge in [-0.3, -0.25) is 14.9 Å². The van der Waals surface area contributed by atoms with Gasteiger partial charge in [0.05, 0.1) is 4.92 Å². The Bertz CT molecular complexity index is 1120. The van der Waals surface area contributed by atoms with Crippen molar-refractivity contribution in [3.63, 3.8) is 0 Å². The number of carbonyl (C=O) groups is 1. The van der Waals surface area contributed by atoms with Gasteiger partial charge in [-0.15, -0.1) is 0 Å². The summed E-state index contributed by atoms with van der Waals surface area (Å²) in [5.41, 5.74) is 2.16. The molecule has 144 valence electrons. The molecule has 0 spiro atoms. The van der Waals surface area contributed by atoms with Gasteiger partial charge in [0.15, 0.2) is 0 Å². The van der Waals surface area contributed by atoms with Crippen LogP contribution in [0.5, 0.6) is 0 Å². The molecule has 3 aromatic rings. The molecule has 2 aromatic carbocycles. The lowest BCUT2D eigenvalue weighted by molar-refractivity contribution is -0.384. The molecule has 7 nitrogen and oxygen atoms in total. The molecule has 0 aliphatic heterocycles. The van der Waals surface area contributed by atoms with E-state index in [1.807, 2.05) is 31.2 Å². The first-order valence-corrected chi connectivity index (χ1v) is 8.87. The number of hydrogen-bond donors (Lipinski definition) is 1. The number of nitro groups is 1. The maximum Gasteiger partial charge on any atom is 0.269 e. The molecule has 7 heteroatoms. The second-order valence-electron chi connectivity index (χ2n) is 6.14. The van der Waals surface area contributed by atoms with Gasteiger partial charge in [0.25, 0.3) is 11.6 Å². The highest BCUT2D eigenvalue weighted by Crippen LogP contribution is 2.25. The lowest BCUT2D eigenvalue weighted by atomic mass is 10.1. The van der Waals surface area contributed by atoms with Crippen LogP contribution < -0.4 is 5.32 Å². The number of nitrogens with zero attached hydrogens (tertiary/aromatic N) is 2. The number of benzene rings is 2. The fourth-order valence-corrected chi connectivity index (χ4v) is 2.76. The van der Waals surface area contributed by atoms with Crippen molar-refractivity contribution in [2.45, 2.75) is 13.3 Å². The molecule has 29 heavy (non-hydrogen) atoms. The van der Waals surface area contributed by atoms with Crippen LogP contribution in [0.15, 0.2) is 70.7 Å². The molecular weight excluding hydrogens is 370 g/mol. The Labute approximate surface area is 167 Å². The summed E-state index contributed by atoms with van der Waals surface area (Å²) in [4.78, 5) is 22.8. The molecule has 0 radical (unpaired) electrons. The number of para-hydroxylation sites is 1. The van der Waals surface area contributed by atoms with Crippen molar-refractivity contribution in [2.24, 2.45) is 0 Å². The van der Waals surface area contributed by atoms with Crippen LogP contribution in [0.3, 0.4) is 0 Å². The number of carbonyl (C=O) groups excluding carboxylic acids is 1. The van der Waals surface area contributed by atoms with Crippen LogP contribution >= 0.6 is 0 Å². The number of anilines is 1. The SMILES string of the molecule is CCc1ccccc1NC(=O)/C(C#N)=C/c1ccc(-c2ccc([N+](=O)[O-])cc2)o1.